The standard InChI is InChI=1S/C22H16BrFN2O/c23-15-7-8-19-17(12-15)16-9-11-27-22(21(16)26-19)14-5-3-13(4-6-14)20-18(24)2-1-10-25-20/h1-8,10,12,22,26H,9,11H2. The number of aromatic amines is 1. The van der Waals surface area contributed by atoms with E-state index in [4.69, 9.17) is 4.74 Å². The predicted molar refractivity (Wildman–Crippen MR) is 107 cm³/mol. The van der Waals surface area contributed by atoms with Crippen LogP contribution in [-0.4, -0.2) is 16.6 Å². The molecule has 2 aromatic heterocycles. The van der Waals surface area contributed by atoms with Gasteiger partial charge in [-0.05, 0) is 47.9 Å². The van der Waals surface area contributed by atoms with Gasteiger partial charge in [-0.2, -0.15) is 0 Å². The number of benzene rings is 2. The van der Waals surface area contributed by atoms with Crippen molar-refractivity contribution in [2.45, 2.75) is 12.5 Å². The Morgan fingerprint density at radius 3 is 2.78 bits per heavy atom. The normalized spacial score (nSPS) is 16.4. The molecule has 0 radical (unpaired) electrons. The molecular weight excluding hydrogens is 407 g/mol. The van der Waals surface area contributed by atoms with Crippen LogP contribution in [0.1, 0.15) is 22.9 Å². The van der Waals surface area contributed by atoms with Gasteiger partial charge in [0.15, 0.2) is 0 Å². The van der Waals surface area contributed by atoms with Crippen molar-refractivity contribution in [3.63, 3.8) is 0 Å². The van der Waals surface area contributed by atoms with E-state index in [1.807, 2.05) is 30.3 Å². The van der Waals surface area contributed by atoms with Crippen molar-refractivity contribution >= 4 is 26.8 Å². The van der Waals surface area contributed by atoms with Gasteiger partial charge in [-0.25, -0.2) is 4.39 Å². The topological polar surface area (TPSA) is 37.9 Å². The minimum Gasteiger partial charge on any atom is -0.367 e. The van der Waals surface area contributed by atoms with Gasteiger partial charge in [-0.15, -0.1) is 0 Å². The van der Waals surface area contributed by atoms with E-state index in [-0.39, 0.29) is 11.9 Å². The summed E-state index contributed by atoms with van der Waals surface area (Å²) in [7, 11) is 0. The minimum absolute atomic E-state index is 0.150. The van der Waals surface area contributed by atoms with Gasteiger partial charge >= 0.3 is 0 Å². The molecule has 0 saturated carbocycles. The molecule has 1 N–H and O–H groups in total. The molecule has 0 fully saturated rings. The largest absolute Gasteiger partial charge is 0.367 e. The number of nitrogens with zero attached hydrogens (tertiary/aromatic N) is 1. The Morgan fingerprint density at radius 2 is 1.96 bits per heavy atom. The lowest BCUT2D eigenvalue weighted by Crippen LogP contribution is -2.16. The first kappa shape index (κ1) is 16.7. The van der Waals surface area contributed by atoms with Crippen molar-refractivity contribution < 1.29 is 9.13 Å². The summed E-state index contributed by atoms with van der Waals surface area (Å²) in [5.41, 5.74) is 5.69. The maximum absolute atomic E-state index is 14.0. The molecule has 0 aliphatic carbocycles. The van der Waals surface area contributed by atoms with Gasteiger partial charge < -0.3 is 9.72 Å². The van der Waals surface area contributed by atoms with Crippen molar-refractivity contribution in [1.82, 2.24) is 9.97 Å². The van der Waals surface area contributed by atoms with Crippen LogP contribution in [0, 0.1) is 5.82 Å². The summed E-state index contributed by atoms with van der Waals surface area (Å²) in [5, 5.41) is 1.24. The fraction of sp³-hybridized carbons (Fsp3) is 0.136. The third-order valence-corrected chi connectivity index (χ3v) is 5.54. The van der Waals surface area contributed by atoms with Gasteiger partial charge in [0, 0.05) is 27.1 Å². The van der Waals surface area contributed by atoms with E-state index in [1.165, 1.54) is 17.0 Å². The van der Waals surface area contributed by atoms with Gasteiger partial charge in [0.05, 0.1) is 12.3 Å². The Kier molecular flexibility index (Phi) is 4.06. The second-order valence-electron chi connectivity index (χ2n) is 6.66. The summed E-state index contributed by atoms with van der Waals surface area (Å²) in [6.45, 7) is 0.674. The highest BCUT2D eigenvalue weighted by molar-refractivity contribution is 9.10. The summed E-state index contributed by atoms with van der Waals surface area (Å²) in [6.07, 6.45) is 2.34. The zero-order chi connectivity index (χ0) is 18.4. The number of H-pyrrole nitrogens is 1. The molecule has 0 bridgehead atoms. The van der Waals surface area contributed by atoms with Crippen molar-refractivity contribution in [2.75, 3.05) is 6.61 Å². The van der Waals surface area contributed by atoms with E-state index < -0.39 is 0 Å². The Balaban J connectivity index is 1.55. The fourth-order valence-electron chi connectivity index (χ4n) is 3.77. The lowest BCUT2D eigenvalue weighted by Gasteiger charge is -2.24. The lowest BCUT2D eigenvalue weighted by molar-refractivity contribution is 0.0677. The minimum atomic E-state index is -0.317. The molecule has 1 unspecified atom stereocenters. The quantitative estimate of drug-likeness (QED) is 0.443. The second kappa shape index (κ2) is 6.59. The molecule has 5 rings (SSSR count). The van der Waals surface area contributed by atoms with Gasteiger partial charge in [0.2, 0.25) is 0 Å². The number of pyridine rings is 1. The number of rotatable bonds is 2. The van der Waals surface area contributed by atoms with E-state index in [0.717, 1.165) is 33.2 Å². The number of ether oxygens (including phenoxy) is 1. The van der Waals surface area contributed by atoms with Crippen LogP contribution in [0.4, 0.5) is 4.39 Å². The number of nitrogens with one attached hydrogen (secondary N) is 1. The van der Waals surface area contributed by atoms with Crippen LogP contribution >= 0.6 is 15.9 Å². The summed E-state index contributed by atoms with van der Waals surface area (Å²) in [4.78, 5) is 7.68. The summed E-state index contributed by atoms with van der Waals surface area (Å²) in [6, 6.07) is 17.1. The first-order valence-electron chi connectivity index (χ1n) is 8.83. The number of hydrogen-bond donors (Lipinski definition) is 1. The molecule has 3 nitrogen and oxygen atoms in total. The van der Waals surface area contributed by atoms with Crippen LogP contribution in [0.2, 0.25) is 0 Å². The number of fused-ring (bicyclic) bond motifs is 3. The zero-order valence-electron chi connectivity index (χ0n) is 14.4. The Bertz CT molecular complexity index is 1140. The zero-order valence-corrected chi connectivity index (χ0v) is 16.0. The maximum Gasteiger partial charge on any atom is 0.149 e. The fourth-order valence-corrected chi connectivity index (χ4v) is 4.13. The van der Waals surface area contributed by atoms with E-state index in [9.17, 15) is 4.39 Å². The predicted octanol–water partition coefficient (Wildman–Crippen LogP) is 5.79. The Morgan fingerprint density at radius 1 is 1.11 bits per heavy atom. The third-order valence-electron chi connectivity index (χ3n) is 5.05. The molecule has 1 aliphatic heterocycles. The summed E-state index contributed by atoms with van der Waals surface area (Å²) < 4.78 is 21.1. The van der Waals surface area contributed by atoms with Crippen molar-refractivity contribution in [3.05, 3.63) is 87.9 Å². The van der Waals surface area contributed by atoms with E-state index >= 15 is 0 Å². The Hall–Kier alpha value is -2.50. The summed E-state index contributed by atoms with van der Waals surface area (Å²) in [5.74, 6) is -0.317. The first-order valence-corrected chi connectivity index (χ1v) is 9.62. The third kappa shape index (κ3) is 2.87. The first-order chi connectivity index (χ1) is 13.2. The van der Waals surface area contributed by atoms with Gasteiger partial charge in [-0.1, -0.05) is 40.2 Å². The Labute approximate surface area is 164 Å². The van der Waals surface area contributed by atoms with Gasteiger partial charge in [0.1, 0.15) is 17.6 Å². The average Bonchev–Trinajstić information content (AvgIpc) is 3.07. The molecular formula is C22H16BrFN2O. The van der Waals surface area contributed by atoms with E-state index in [1.54, 1.807) is 12.3 Å². The number of hydrogen-bond acceptors (Lipinski definition) is 2. The van der Waals surface area contributed by atoms with Crippen LogP contribution in [0.15, 0.2) is 65.3 Å². The van der Waals surface area contributed by atoms with Crippen molar-refractivity contribution in [1.29, 1.82) is 0 Å². The molecule has 2 aromatic carbocycles. The smallest absolute Gasteiger partial charge is 0.149 e. The number of halogens is 2. The monoisotopic (exact) mass is 422 g/mol. The van der Waals surface area contributed by atoms with Gasteiger partial charge in [-0.3, -0.25) is 4.98 Å². The van der Waals surface area contributed by atoms with Crippen LogP contribution in [0.5, 0.6) is 0 Å². The highest BCUT2D eigenvalue weighted by Gasteiger charge is 2.26. The van der Waals surface area contributed by atoms with E-state index in [2.05, 4.69) is 38.0 Å². The lowest BCUT2D eigenvalue weighted by atomic mass is 9.96. The van der Waals surface area contributed by atoms with Crippen LogP contribution in [-0.2, 0) is 11.2 Å². The molecule has 0 saturated heterocycles. The molecule has 3 heterocycles. The molecule has 0 amide bonds. The van der Waals surface area contributed by atoms with Crippen molar-refractivity contribution in [2.24, 2.45) is 0 Å². The number of aromatic nitrogens is 2. The SMILES string of the molecule is Fc1cccnc1-c1ccc(C2OCCc3c2[nH]c2ccc(Br)cc32)cc1. The molecule has 1 atom stereocenters. The molecule has 5 heteroatoms. The average molecular weight is 423 g/mol. The molecule has 0 spiro atoms. The molecule has 4 aromatic rings. The van der Waals surface area contributed by atoms with Crippen LogP contribution in [0.3, 0.4) is 0 Å². The maximum atomic E-state index is 14.0. The highest BCUT2D eigenvalue weighted by atomic mass is 79.9. The summed E-state index contributed by atoms with van der Waals surface area (Å²) >= 11 is 3.56. The van der Waals surface area contributed by atoms with E-state index in [0.29, 0.717) is 12.3 Å². The van der Waals surface area contributed by atoms with Crippen molar-refractivity contribution in [3.8, 4) is 11.3 Å². The van der Waals surface area contributed by atoms with Gasteiger partial charge in [0.25, 0.3) is 0 Å². The highest BCUT2D eigenvalue weighted by Crippen LogP contribution is 2.37. The second-order valence-corrected chi connectivity index (χ2v) is 7.58. The van der Waals surface area contributed by atoms with Crippen LogP contribution in [0.25, 0.3) is 22.2 Å². The van der Waals surface area contributed by atoms with Crippen LogP contribution < -0.4 is 0 Å². The molecule has 27 heavy (non-hydrogen) atoms. The molecule has 134 valence electrons. The molecule has 1 aliphatic rings.